The molecule has 0 amide bonds. The standard InChI is InChI=1S/C8H13N3O/c1-5-6(4-12)7(9)8-10-2-3-11(5)8/h2-3,5-7,12H,4,9H2,1H3/t5-,6-,7-/m0/s1. The first-order valence-corrected chi connectivity index (χ1v) is 4.15. The Morgan fingerprint density at radius 2 is 2.50 bits per heavy atom. The second-order valence-electron chi connectivity index (χ2n) is 3.31. The lowest BCUT2D eigenvalue weighted by Gasteiger charge is -2.16. The molecule has 0 spiro atoms. The predicted octanol–water partition coefficient (Wildman–Crippen LogP) is 0.0660. The predicted molar refractivity (Wildman–Crippen MR) is 44.4 cm³/mol. The molecule has 2 rings (SSSR count). The van der Waals surface area contributed by atoms with Crippen LogP contribution in [0.4, 0.5) is 0 Å². The Labute approximate surface area is 71.0 Å². The van der Waals surface area contributed by atoms with Crippen molar-refractivity contribution in [1.82, 2.24) is 9.55 Å². The highest BCUT2D eigenvalue weighted by Crippen LogP contribution is 2.36. The van der Waals surface area contributed by atoms with Gasteiger partial charge in [-0.3, -0.25) is 0 Å². The summed E-state index contributed by atoms with van der Waals surface area (Å²) >= 11 is 0. The average Bonchev–Trinajstić information content (AvgIpc) is 2.58. The van der Waals surface area contributed by atoms with E-state index < -0.39 is 0 Å². The normalized spacial score (nSPS) is 33.8. The summed E-state index contributed by atoms with van der Waals surface area (Å²) in [5, 5.41) is 9.08. The number of aliphatic hydroxyl groups is 1. The summed E-state index contributed by atoms with van der Waals surface area (Å²) in [5.41, 5.74) is 5.89. The maximum atomic E-state index is 9.08. The second-order valence-corrected chi connectivity index (χ2v) is 3.31. The van der Waals surface area contributed by atoms with Gasteiger partial charge in [0.2, 0.25) is 0 Å². The van der Waals surface area contributed by atoms with E-state index in [1.165, 1.54) is 0 Å². The fourth-order valence-electron chi connectivity index (χ4n) is 1.89. The van der Waals surface area contributed by atoms with Crippen molar-refractivity contribution in [2.75, 3.05) is 6.61 Å². The SMILES string of the molecule is C[C@H]1[C@H](CO)[C@H](N)c2nccn21. The van der Waals surface area contributed by atoms with Gasteiger partial charge in [-0.05, 0) is 6.92 Å². The first-order chi connectivity index (χ1) is 5.75. The van der Waals surface area contributed by atoms with Crippen LogP contribution in [-0.2, 0) is 0 Å². The summed E-state index contributed by atoms with van der Waals surface area (Å²) in [6.45, 7) is 2.19. The van der Waals surface area contributed by atoms with E-state index in [1.54, 1.807) is 6.20 Å². The Bertz CT molecular complexity index is 259. The molecular formula is C8H13N3O. The fourth-order valence-corrected chi connectivity index (χ4v) is 1.89. The van der Waals surface area contributed by atoms with Crippen LogP contribution in [0, 0.1) is 5.92 Å². The molecular weight excluding hydrogens is 154 g/mol. The van der Waals surface area contributed by atoms with Crippen molar-refractivity contribution in [2.45, 2.75) is 19.0 Å². The van der Waals surface area contributed by atoms with Crippen LogP contribution in [0.2, 0.25) is 0 Å². The van der Waals surface area contributed by atoms with Crippen molar-refractivity contribution in [1.29, 1.82) is 0 Å². The van der Waals surface area contributed by atoms with Crippen LogP contribution in [0.1, 0.15) is 24.8 Å². The molecule has 1 aromatic rings. The van der Waals surface area contributed by atoms with Gasteiger partial charge in [0, 0.05) is 31.0 Å². The lowest BCUT2D eigenvalue weighted by Crippen LogP contribution is -2.22. The number of hydrogen-bond acceptors (Lipinski definition) is 3. The van der Waals surface area contributed by atoms with E-state index in [2.05, 4.69) is 11.9 Å². The summed E-state index contributed by atoms with van der Waals surface area (Å²) in [7, 11) is 0. The zero-order valence-electron chi connectivity index (χ0n) is 7.01. The van der Waals surface area contributed by atoms with Gasteiger partial charge in [-0.2, -0.15) is 0 Å². The molecule has 2 heterocycles. The van der Waals surface area contributed by atoms with Crippen molar-refractivity contribution in [2.24, 2.45) is 11.7 Å². The van der Waals surface area contributed by atoms with Crippen LogP contribution in [0.3, 0.4) is 0 Å². The zero-order valence-corrected chi connectivity index (χ0v) is 7.01. The maximum Gasteiger partial charge on any atom is 0.126 e. The third-order valence-corrected chi connectivity index (χ3v) is 2.73. The Balaban J connectivity index is 2.39. The van der Waals surface area contributed by atoms with Crippen molar-refractivity contribution >= 4 is 0 Å². The molecule has 4 heteroatoms. The minimum absolute atomic E-state index is 0.111. The molecule has 1 aliphatic heterocycles. The number of aliphatic hydroxyl groups excluding tert-OH is 1. The molecule has 0 saturated heterocycles. The van der Waals surface area contributed by atoms with E-state index in [-0.39, 0.29) is 24.6 Å². The molecule has 0 aliphatic carbocycles. The quantitative estimate of drug-likeness (QED) is 0.622. The van der Waals surface area contributed by atoms with Gasteiger partial charge in [0.15, 0.2) is 0 Å². The van der Waals surface area contributed by atoms with Crippen molar-refractivity contribution in [3.05, 3.63) is 18.2 Å². The fraction of sp³-hybridized carbons (Fsp3) is 0.625. The largest absolute Gasteiger partial charge is 0.396 e. The van der Waals surface area contributed by atoms with Crippen LogP contribution in [0.25, 0.3) is 0 Å². The topological polar surface area (TPSA) is 64.1 Å². The molecule has 66 valence electrons. The summed E-state index contributed by atoms with van der Waals surface area (Å²) in [6.07, 6.45) is 3.66. The van der Waals surface area contributed by atoms with Gasteiger partial charge in [-0.1, -0.05) is 0 Å². The number of fused-ring (bicyclic) bond motifs is 1. The number of imidazole rings is 1. The number of rotatable bonds is 1. The molecule has 1 aromatic heterocycles. The molecule has 0 saturated carbocycles. The highest BCUT2D eigenvalue weighted by molar-refractivity contribution is 5.10. The molecule has 0 bridgehead atoms. The summed E-state index contributed by atoms with van der Waals surface area (Å²) in [5.74, 6) is 1.01. The smallest absolute Gasteiger partial charge is 0.126 e. The zero-order chi connectivity index (χ0) is 8.72. The molecule has 4 nitrogen and oxygen atoms in total. The van der Waals surface area contributed by atoms with Crippen molar-refractivity contribution < 1.29 is 5.11 Å². The number of nitrogens with two attached hydrogens (primary N) is 1. The Kier molecular flexibility index (Phi) is 1.66. The van der Waals surface area contributed by atoms with Crippen LogP contribution >= 0.6 is 0 Å². The van der Waals surface area contributed by atoms with Gasteiger partial charge < -0.3 is 15.4 Å². The van der Waals surface area contributed by atoms with Gasteiger partial charge in [0.05, 0.1) is 6.04 Å². The minimum atomic E-state index is -0.111. The van der Waals surface area contributed by atoms with Crippen molar-refractivity contribution in [3.63, 3.8) is 0 Å². The van der Waals surface area contributed by atoms with Gasteiger partial charge in [0.1, 0.15) is 5.82 Å². The summed E-state index contributed by atoms with van der Waals surface area (Å²) in [4.78, 5) is 4.15. The highest BCUT2D eigenvalue weighted by atomic mass is 16.3. The molecule has 3 N–H and O–H groups in total. The van der Waals surface area contributed by atoms with Crippen LogP contribution in [-0.4, -0.2) is 21.3 Å². The molecule has 3 atom stereocenters. The molecule has 0 radical (unpaired) electrons. The van der Waals surface area contributed by atoms with E-state index in [9.17, 15) is 0 Å². The maximum absolute atomic E-state index is 9.08. The lowest BCUT2D eigenvalue weighted by molar-refractivity contribution is 0.185. The van der Waals surface area contributed by atoms with Gasteiger partial charge >= 0.3 is 0 Å². The van der Waals surface area contributed by atoms with E-state index in [0.717, 1.165) is 5.82 Å². The Morgan fingerprint density at radius 1 is 1.75 bits per heavy atom. The van der Waals surface area contributed by atoms with Crippen LogP contribution < -0.4 is 5.73 Å². The van der Waals surface area contributed by atoms with E-state index in [1.807, 2.05) is 10.8 Å². The van der Waals surface area contributed by atoms with Crippen LogP contribution in [0.5, 0.6) is 0 Å². The summed E-state index contributed by atoms with van der Waals surface area (Å²) < 4.78 is 2.03. The van der Waals surface area contributed by atoms with Gasteiger partial charge in [-0.15, -0.1) is 0 Å². The van der Waals surface area contributed by atoms with Crippen LogP contribution in [0.15, 0.2) is 12.4 Å². The molecule has 0 fully saturated rings. The van der Waals surface area contributed by atoms with E-state index in [4.69, 9.17) is 10.8 Å². The van der Waals surface area contributed by atoms with E-state index in [0.29, 0.717) is 0 Å². The highest BCUT2D eigenvalue weighted by Gasteiger charge is 2.36. The number of nitrogens with zero attached hydrogens (tertiary/aromatic N) is 2. The minimum Gasteiger partial charge on any atom is -0.396 e. The first-order valence-electron chi connectivity index (χ1n) is 4.15. The monoisotopic (exact) mass is 167 g/mol. The third-order valence-electron chi connectivity index (χ3n) is 2.73. The van der Waals surface area contributed by atoms with Crippen molar-refractivity contribution in [3.8, 4) is 0 Å². The van der Waals surface area contributed by atoms with Gasteiger partial charge in [0.25, 0.3) is 0 Å². The first kappa shape index (κ1) is 7.76. The second kappa shape index (κ2) is 2.57. The summed E-state index contributed by atoms with van der Waals surface area (Å²) in [6, 6.07) is 0.155. The average molecular weight is 167 g/mol. The molecule has 12 heavy (non-hydrogen) atoms. The van der Waals surface area contributed by atoms with Gasteiger partial charge in [-0.25, -0.2) is 4.98 Å². The number of aromatic nitrogens is 2. The number of hydrogen-bond donors (Lipinski definition) is 2. The third kappa shape index (κ3) is 0.820. The Hall–Kier alpha value is -0.870. The Morgan fingerprint density at radius 3 is 3.08 bits per heavy atom. The molecule has 1 aliphatic rings. The molecule has 0 aromatic carbocycles. The lowest BCUT2D eigenvalue weighted by atomic mass is 9.98. The molecule has 0 unspecified atom stereocenters. The van der Waals surface area contributed by atoms with E-state index >= 15 is 0 Å².